The van der Waals surface area contributed by atoms with Gasteiger partial charge in [-0.3, -0.25) is 4.79 Å². The summed E-state index contributed by atoms with van der Waals surface area (Å²) in [6.45, 7) is 15.4. The fourth-order valence-corrected chi connectivity index (χ4v) is 5.32. The summed E-state index contributed by atoms with van der Waals surface area (Å²) in [6.07, 6.45) is 11.2. The summed E-state index contributed by atoms with van der Waals surface area (Å²) in [5, 5.41) is 0. The van der Waals surface area contributed by atoms with E-state index in [0.717, 1.165) is 44.1 Å². The fraction of sp³-hybridized carbons (Fsp3) is 0.476. The molecule has 2 aromatic carbocycles. The van der Waals surface area contributed by atoms with Crippen molar-refractivity contribution >= 4 is 23.9 Å². The minimum Gasteiger partial charge on any atom is -0.494 e. The number of hydrogen-bond donors (Lipinski definition) is 0. The average molecular weight is 703 g/mol. The molecule has 0 spiro atoms. The Balaban J connectivity index is 1.26. The predicted molar refractivity (Wildman–Crippen MR) is 196 cm³/mol. The lowest BCUT2D eigenvalue weighted by atomic mass is 9.99. The molecule has 1 aliphatic carbocycles. The summed E-state index contributed by atoms with van der Waals surface area (Å²) in [5.41, 5.74) is 1.20. The summed E-state index contributed by atoms with van der Waals surface area (Å²) in [5.74, 6) is 0.230. The van der Waals surface area contributed by atoms with Crippen LogP contribution in [0.5, 0.6) is 5.75 Å². The van der Waals surface area contributed by atoms with Crippen molar-refractivity contribution in [2.45, 2.75) is 123 Å². The largest absolute Gasteiger partial charge is 0.494 e. The van der Waals surface area contributed by atoms with Gasteiger partial charge in [-0.1, -0.05) is 37.1 Å². The molecule has 0 atom stereocenters. The molecule has 0 amide bonds. The lowest BCUT2D eigenvalue weighted by Gasteiger charge is -2.26. The topological polar surface area (TPSA) is 114 Å². The van der Waals surface area contributed by atoms with Crippen molar-refractivity contribution in [3.05, 3.63) is 101 Å². The molecule has 0 N–H and O–H groups in total. The summed E-state index contributed by atoms with van der Waals surface area (Å²) in [7, 11) is 0. The van der Waals surface area contributed by atoms with Crippen LogP contribution in [-0.2, 0) is 28.5 Å². The highest BCUT2D eigenvalue weighted by molar-refractivity contribution is 5.91. The summed E-state index contributed by atoms with van der Waals surface area (Å²) in [4.78, 5) is 49.2. The van der Waals surface area contributed by atoms with Gasteiger partial charge in [0, 0.05) is 24.8 Å². The normalized spacial score (nSPS) is 13.0. The van der Waals surface area contributed by atoms with Crippen LogP contribution >= 0.6 is 0 Å². The molecule has 9 heteroatoms. The van der Waals surface area contributed by atoms with E-state index in [2.05, 4.69) is 6.58 Å². The van der Waals surface area contributed by atoms with Crippen LogP contribution in [-0.4, -0.2) is 41.7 Å². The average Bonchev–Trinajstić information content (AvgIpc) is 3.07. The van der Waals surface area contributed by atoms with Crippen LogP contribution in [0.2, 0.25) is 0 Å². The maximum atomic E-state index is 12.7. The van der Waals surface area contributed by atoms with Crippen molar-refractivity contribution in [3.8, 4) is 5.75 Å². The number of allylic oxidation sites excluding steroid dienone is 4. The molecule has 3 rings (SSSR count). The van der Waals surface area contributed by atoms with E-state index in [0.29, 0.717) is 72.7 Å². The first-order valence-corrected chi connectivity index (χ1v) is 17.9. The number of rotatable bonds is 20. The first-order valence-electron chi connectivity index (χ1n) is 17.9. The third kappa shape index (κ3) is 15.4. The van der Waals surface area contributed by atoms with Crippen LogP contribution in [0.1, 0.15) is 132 Å². The monoisotopic (exact) mass is 702 g/mol. The number of ether oxygens (including phenoxy) is 5. The highest BCUT2D eigenvalue weighted by Crippen LogP contribution is 2.25. The van der Waals surface area contributed by atoms with Crippen molar-refractivity contribution in [1.29, 1.82) is 0 Å². The summed E-state index contributed by atoms with van der Waals surface area (Å²) >= 11 is 0. The van der Waals surface area contributed by atoms with Gasteiger partial charge in [-0.05, 0) is 129 Å². The summed E-state index contributed by atoms with van der Waals surface area (Å²) < 4.78 is 28.1. The smallest absolute Gasteiger partial charge is 0.343 e. The zero-order valence-corrected chi connectivity index (χ0v) is 31.1. The first-order chi connectivity index (χ1) is 24.1. The SMILES string of the molecule is C=C(C)C(=O)OC(C)(C)CCCCC(=O)OC(C)(C)CCCCCCOc1ccc(C(=O)OC2=CC=C(OC(=O)c3ccc(C)cc3)CC2)cc1. The molecule has 0 aliphatic heterocycles. The van der Waals surface area contributed by atoms with Crippen molar-refractivity contribution < 1.29 is 42.9 Å². The number of esters is 4. The Morgan fingerprint density at radius 2 is 1.16 bits per heavy atom. The molecule has 0 unspecified atom stereocenters. The quantitative estimate of drug-likeness (QED) is 0.0576. The van der Waals surface area contributed by atoms with E-state index >= 15 is 0 Å². The molecule has 2 aromatic rings. The van der Waals surface area contributed by atoms with Crippen molar-refractivity contribution in [3.63, 3.8) is 0 Å². The molecule has 0 aromatic heterocycles. The van der Waals surface area contributed by atoms with Crippen molar-refractivity contribution in [2.24, 2.45) is 0 Å². The van der Waals surface area contributed by atoms with E-state index < -0.39 is 29.1 Å². The molecule has 0 saturated heterocycles. The highest BCUT2D eigenvalue weighted by atomic mass is 16.6. The summed E-state index contributed by atoms with van der Waals surface area (Å²) in [6, 6.07) is 14.1. The first kappa shape index (κ1) is 40.8. The standard InChI is InChI=1S/C42H54O9/c1-30(2)38(44)51-42(6,7)28-12-10-14-37(43)50-41(4,5)27-11-8-9-13-29-47-34-21-19-33(20-22-34)40(46)49-36-25-23-35(24-26-36)48-39(45)32-17-15-31(3)16-18-32/h15-23,25H,1,8-14,24,26-29H2,2-7H3. The Labute approximate surface area is 303 Å². The van der Waals surface area contributed by atoms with Gasteiger partial charge in [-0.25, -0.2) is 14.4 Å². The second-order valence-corrected chi connectivity index (χ2v) is 14.3. The van der Waals surface area contributed by atoms with E-state index in [-0.39, 0.29) is 5.97 Å². The van der Waals surface area contributed by atoms with Crippen LogP contribution < -0.4 is 4.74 Å². The van der Waals surface area contributed by atoms with Gasteiger partial charge in [0.25, 0.3) is 0 Å². The van der Waals surface area contributed by atoms with Gasteiger partial charge in [0.15, 0.2) is 0 Å². The fourth-order valence-electron chi connectivity index (χ4n) is 5.32. The van der Waals surface area contributed by atoms with E-state index in [1.54, 1.807) is 55.5 Å². The lowest BCUT2D eigenvalue weighted by molar-refractivity contribution is -0.158. The van der Waals surface area contributed by atoms with Crippen LogP contribution in [0.3, 0.4) is 0 Å². The van der Waals surface area contributed by atoms with Crippen LogP contribution in [0.15, 0.2) is 84.4 Å². The third-order valence-electron chi connectivity index (χ3n) is 8.36. The van der Waals surface area contributed by atoms with Gasteiger partial charge in [0.05, 0.1) is 17.7 Å². The van der Waals surface area contributed by atoms with E-state index in [1.165, 1.54) is 0 Å². The Bertz CT molecular complexity index is 1560. The van der Waals surface area contributed by atoms with E-state index in [1.807, 2.05) is 46.8 Å². The molecule has 0 heterocycles. The zero-order chi connectivity index (χ0) is 37.4. The molecule has 1 aliphatic rings. The number of carbonyl (C=O) groups excluding carboxylic acids is 4. The Morgan fingerprint density at radius 3 is 1.69 bits per heavy atom. The molecule has 51 heavy (non-hydrogen) atoms. The van der Waals surface area contributed by atoms with Crippen LogP contribution in [0.4, 0.5) is 0 Å². The van der Waals surface area contributed by atoms with Gasteiger partial charge in [0.2, 0.25) is 0 Å². The molecular formula is C42H54O9. The number of unbranched alkanes of at least 4 members (excludes halogenated alkanes) is 4. The number of aryl methyl sites for hydroxylation is 1. The molecule has 9 nitrogen and oxygen atoms in total. The van der Waals surface area contributed by atoms with Crippen molar-refractivity contribution in [2.75, 3.05) is 6.61 Å². The number of hydrogen-bond acceptors (Lipinski definition) is 9. The highest BCUT2D eigenvalue weighted by Gasteiger charge is 2.25. The molecule has 276 valence electrons. The molecule has 0 fully saturated rings. The molecular weight excluding hydrogens is 648 g/mol. The lowest BCUT2D eigenvalue weighted by Crippen LogP contribution is -2.29. The van der Waals surface area contributed by atoms with Gasteiger partial charge in [-0.2, -0.15) is 0 Å². The molecule has 0 saturated carbocycles. The van der Waals surface area contributed by atoms with E-state index in [4.69, 9.17) is 23.7 Å². The second kappa shape index (κ2) is 19.7. The van der Waals surface area contributed by atoms with Gasteiger partial charge in [0.1, 0.15) is 28.5 Å². The Hall–Kier alpha value is -4.66. The maximum absolute atomic E-state index is 12.7. The van der Waals surface area contributed by atoms with Gasteiger partial charge >= 0.3 is 23.9 Å². The minimum absolute atomic E-state index is 0.208. The van der Waals surface area contributed by atoms with Crippen LogP contribution in [0.25, 0.3) is 0 Å². The number of benzene rings is 2. The third-order valence-corrected chi connectivity index (χ3v) is 8.36. The Kier molecular flexibility index (Phi) is 15.7. The van der Waals surface area contributed by atoms with Crippen molar-refractivity contribution in [1.82, 2.24) is 0 Å². The minimum atomic E-state index is -0.604. The predicted octanol–water partition coefficient (Wildman–Crippen LogP) is 9.68. The maximum Gasteiger partial charge on any atom is 0.343 e. The van der Waals surface area contributed by atoms with Crippen LogP contribution in [0, 0.1) is 6.92 Å². The second-order valence-electron chi connectivity index (χ2n) is 14.3. The molecule has 0 bridgehead atoms. The zero-order valence-electron chi connectivity index (χ0n) is 31.1. The van der Waals surface area contributed by atoms with Gasteiger partial charge in [-0.15, -0.1) is 0 Å². The van der Waals surface area contributed by atoms with E-state index in [9.17, 15) is 19.2 Å². The number of carbonyl (C=O) groups is 4. The Morgan fingerprint density at radius 1 is 0.667 bits per heavy atom. The van der Waals surface area contributed by atoms with Gasteiger partial charge < -0.3 is 23.7 Å². The molecule has 0 radical (unpaired) electrons.